The van der Waals surface area contributed by atoms with Crippen molar-refractivity contribution in [1.29, 1.82) is 0 Å². The molecule has 3 spiro atoms. The third-order valence-electron chi connectivity index (χ3n) is 9.32. The standard InChI is InChI=1S/C17H16/c1-7-8-2-15(1)5-11(7)16-3-10-13-9(12(8)14(10)16)4-17(13,15)6-16/h7-9,11H,1-6H2. The summed E-state index contributed by atoms with van der Waals surface area (Å²) >= 11 is 0. The lowest BCUT2D eigenvalue weighted by molar-refractivity contribution is -0.116. The van der Waals surface area contributed by atoms with Crippen molar-refractivity contribution >= 4 is 0 Å². The van der Waals surface area contributed by atoms with Gasteiger partial charge in [0.25, 0.3) is 0 Å². The van der Waals surface area contributed by atoms with Gasteiger partial charge in [0.1, 0.15) is 0 Å². The molecule has 0 heteroatoms. The summed E-state index contributed by atoms with van der Waals surface area (Å²) in [6.07, 6.45) is 9.75. The number of fused-ring (bicyclic) bond motifs is 2. The molecule has 9 rings (SSSR count). The molecule has 9 aliphatic rings. The van der Waals surface area contributed by atoms with Crippen molar-refractivity contribution in [2.45, 2.75) is 38.5 Å². The highest BCUT2D eigenvalue weighted by Gasteiger charge is 2.87. The summed E-state index contributed by atoms with van der Waals surface area (Å²) in [6.45, 7) is 0. The molecular weight excluding hydrogens is 204 g/mol. The van der Waals surface area contributed by atoms with E-state index in [2.05, 4.69) is 11.1 Å². The molecule has 0 N–H and O–H groups in total. The van der Waals surface area contributed by atoms with Crippen molar-refractivity contribution in [2.75, 3.05) is 0 Å². The van der Waals surface area contributed by atoms with Crippen LogP contribution in [-0.4, -0.2) is 0 Å². The van der Waals surface area contributed by atoms with Crippen LogP contribution in [0.3, 0.4) is 0 Å². The topological polar surface area (TPSA) is 0 Å². The van der Waals surface area contributed by atoms with Crippen LogP contribution in [0.2, 0.25) is 0 Å². The zero-order chi connectivity index (χ0) is 10.4. The van der Waals surface area contributed by atoms with E-state index in [1.807, 2.05) is 11.1 Å². The number of allylic oxidation sites excluding steroid dienone is 4. The Hall–Kier alpha value is -0.520. The summed E-state index contributed by atoms with van der Waals surface area (Å²) in [5.41, 5.74) is 10.5. The van der Waals surface area contributed by atoms with Gasteiger partial charge in [0.2, 0.25) is 0 Å². The van der Waals surface area contributed by atoms with Crippen LogP contribution < -0.4 is 0 Å². The maximum absolute atomic E-state index is 2.06. The van der Waals surface area contributed by atoms with Crippen molar-refractivity contribution in [3.63, 3.8) is 0 Å². The molecule has 5 saturated carbocycles. The Morgan fingerprint density at radius 3 is 3.06 bits per heavy atom. The van der Waals surface area contributed by atoms with Gasteiger partial charge in [-0.1, -0.05) is 11.1 Å². The first-order valence-corrected chi connectivity index (χ1v) is 7.78. The largest absolute Gasteiger partial charge is 0.0555 e. The second kappa shape index (κ2) is 1.44. The lowest BCUT2D eigenvalue weighted by Crippen LogP contribution is -2.63. The summed E-state index contributed by atoms with van der Waals surface area (Å²) in [6, 6.07) is 0. The van der Waals surface area contributed by atoms with Gasteiger partial charge in [-0.15, -0.1) is 0 Å². The van der Waals surface area contributed by atoms with E-state index in [1.54, 1.807) is 38.5 Å². The molecule has 7 atom stereocenters. The van der Waals surface area contributed by atoms with Crippen LogP contribution >= 0.6 is 0 Å². The van der Waals surface area contributed by atoms with E-state index in [4.69, 9.17) is 0 Å². The Bertz CT molecular complexity index is 664. The molecule has 0 aromatic carbocycles. The third kappa shape index (κ3) is 0.351. The highest BCUT2D eigenvalue weighted by molar-refractivity contribution is 5.74. The van der Waals surface area contributed by atoms with E-state index in [0.717, 1.165) is 34.0 Å². The summed E-state index contributed by atoms with van der Waals surface area (Å²) in [4.78, 5) is 0. The minimum Gasteiger partial charge on any atom is -0.0555 e. The smallest absolute Gasteiger partial charge is 0.00363 e. The third-order valence-corrected chi connectivity index (χ3v) is 9.32. The zero-order valence-electron chi connectivity index (χ0n) is 10.1. The van der Waals surface area contributed by atoms with Gasteiger partial charge in [0, 0.05) is 11.3 Å². The first-order valence-electron chi connectivity index (χ1n) is 7.78. The van der Waals surface area contributed by atoms with Crippen LogP contribution in [-0.2, 0) is 0 Å². The molecule has 8 bridgehead atoms. The van der Waals surface area contributed by atoms with Gasteiger partial charge < -0.3 is 0 Å². The Balaban J connectivity index is 1.75. The fraction of sp³-hybridized carbons (Fsp3) is 0.765. The van der Waals surface area contributed by atoms with Crippen LogP contribution in [0, 0.1) is 39.9 Å². The molecule has 0 aromatic rings. The van der Waals surface area contributed by atoms with Crippen molar-refractivity contribution in [2.24, 2.45) is 39.9 Å². The van der Waals surface area contributed by atoms with Gasteiger partial charge in [0.05, 0.1) is 0 Å². The van der Waals surface area contributed by atoms with E-state index < -0.39 is 0 Å². The fourth-order valence-corrected chi connectivity index (χ4v) is 9.46. The maximum Gasteiger partial charge on any atom is 0.00363 e. The number of hydrogen-bond acceptors (Lipinski definition) is 0. The highest BCUT2D eigenvalue weighted by atomic mass is 14.9. The number of hydrogen-bond donors (Lipinski definition) is 0. The van der Waals surface area contributed by atoms with Crippen LogP contribution in [0.15, 0.2) is 22.3 Å². The van der Waals surface area contributed by atoms with Crippen molar-refractivity contribution in [3.05, 3.63) is 22.3 Å². The zero-order valence-corrected chi connectivity index (χ0v) is 10.1. The maximum atomic E-state index is 2.06. The lowest BCUT2D eigenvalue weighted by Gasteiger charge is -2.72. The molecule has 0 aromatic heterocycles. The summed E-state index contributed by atoms with van der Waals surface area (Å²) < 4.78 is 0. The Morgan fingerprint density at radius 2 is 2.06 bits per heavy atom. The molecule has 5 fully saturated rings. The van der Waals surface area contributed by atoms with Gasteiger partial charge in [0.15, 0.2) is 0 Å². The molecule has 84 valence electrons. The van der Waals surface area contributed by atoms with Crippen molar-refractivity contribution < 1.29 is 0 Å². The predicted molar refractivity (Wildman–Crippen MR) is 63.0 cm³/mol. The Morgan fingerprint density at radius 1 is 1.06 bits per heavy atom. The lowest BCUT2D eigenvalue weighted by atomic mass is 9.31. The molecule has 0 amide bonds. The summed E-state index contributed by atoms with van der Waals surface area (Å²) in [7, 11) is 0. The molecule has 7 unspecified atom stereocenters. The molecule has 17 heavy (non-hydrogen) atoms. The predicted octanol–water partition coefficient (Wildman–Crippen LogP) is 3.45. The van der Waals surface area contributed by atoms with Gasteiger partial charge in [-0.05, 0) is 78.3 Å². The van der Waals surface area contributed by atoms with Crippen LogP contribution in [0.5, 0.6) is 0 Å². The monoisotopic (exact) mass is 220 g/mol. The van der Waals surface area contributed by atoms with E-state index in [9.17, 15) is 0 Å². The molecule has 0 heterocycles. The van der Waals surface area contributed by atoms with E-state index in [1.165, 1.54) is 5.92 Å². The van der Waals surface area contributed by atoms with Gasteiger partial charge >= 0.3 is 0 Å². The quantitative estimate of drug-likeness (QED) is 0.586. The number of rotatable bonds is 0. The van der Waals surface area contributed by atoms with E-state index in [0.29, 0.717) is 0 Å². The van der Waals surface area contributed by atoms with Gasteiger partial charge in [-0.3, -0.25) is 0 Å². The van der Waals surface area contributed by atoms with Crippen molar-refractivity contribution in [1.82, 2.24) is 0 Å². The van der Waals surface area contributed by atoms with Crippen molar-refractivity contribution in [3.8, 4) is 0 Å². The van der Waals surface area contributed by atoms with E-state index >= 15 is 0 Å². The molecule has 9 aliphatic carbocycles. The minimum absolute atomic E-state index is 0.793. The highest BCUT2D eigenvalue weighted by Crippen LogP contribution is 2.96. The molecule has 0 saturated heterocycles. The Kier molecular flexibility index (Phi) is 0.607. The van der Waals surface area contributed by atoms with Gasteiger partial charge in [-0.2, -0.15) is 0 Å². The first kappa shape index (κ1) is 7.16. The van der Waals surface area contributed by atoms with Gasteiger partial charge in [-0.25, -0.2) is 0 Å². The Labute approximate surface area is 101 Å². The first-order chi connectivity index (χ1) is 8.30. The van der Waals surface area contributed by atoms with Crippen LogP contribution in [0.1, 0.15) is 38.5 Å². The molecule has 0 aliphatic heterocycles. The van der Waals surface area contributed by atoms with Crippen LogP contribution in [0.4, 0.5) is 0 Å². The summed E-state index contributed by atoms with van der Waals surface area (Å²) in [5.74, 6) is 4.45. The fourth-order valence-electron chi connectivity index (χ4n) is 9.46. The average Bonchev–Trinajstić information content (AvgIpc) is 2.80. The van der Waals surface area contributed by atoms with Crippen LogP contribution in [0.25, 0.3) is 0 Å². The second-order valence-electron chi connectivity index (χ2n) is 8.84. The summed E-state index contributed by atoms with van der Waals surface area (Å²) in [5, 5.41) is 0. The molecule has 0 radical (unpaired) electrons. The SMILES string of the molecule is C1C2=C3C4CC35CC13C2=C4C1CC52CC1C3C2. The second-order valence-corrected chi connectivity index (χ2v) is 8.84. The minimum atomic E-state index is 0.793. The molecule has 0 nitrogen and oxygen atoms in total. The molecular formula is C17H16. The van der Waals surface area contributed by atoms with E-state index in [-0.39, 0.29) is 0 Å². The average molecular weight is 220 g/mol. The normalized spacial score (nSPS) is 76.2.